The molecule has 0 saturated heterocycles. The fourth-order valence-corrected chi connectivity index (χ4v) is 2.14. The van der Waals surface area contributed by atoms with Crippen LogP contribution in [0.5, 0.6) is 5.75 Å². The van der Waals surface area contributed by atoms with Gasteiger partial charge < -0.3 is 4.74 Å². The maximum Gasteiger partial charge on any atom is 0.313 e. The van der Waals surface area contributed by atoms with Crippen molar-refractivity contribution in [1.82, 2.24) is 4.57 Å². The average molecular weight is 232 g/mol. The molecule has 1 aliphatic heterocycles. The third-order valence-corrected chi connectivity index (χ3v) is 2.95. The zero-order chi connectivity index (χ0) is 12.2. The minimum Gasteiger partial charge on any atom is -0.463 e. The Bertz CT molecular complexity index is 717. The highest BCUT2D eigenvalue weighted by atomic mass is 16.6. The summed E-state index contributed by atoms with van der Waals surface area (Å²) in [4.78, 5) is 22.1. The maximum atomic E-state index is 11.7. The predicted molar refractivity (Wildman–Crippen MR) is 60.2 cm³/mol. The highest BCUT2D eigenvalue weighted by molar-refractivity contribution is 5.92. The molecule has 17 heavy (non-hydrogen) atoms. The van der Waals surface area contributed by atoms with Crippen LogP contribution >= 0.6 is 0 Å². The van der Waals surface area contributed by atoms with Crippen LogP contribution in [0.3, 0.4) is 0 Å². The quantitative estimate of drug-likeness (QED) is 0.552. The number of aryl methyl sites for hydroxylation is 1. The van der Waals surface area contributed by atoms with Crippen LogP contribution in [0.2, 0.25) is 0 Å². The fraction of sp³-hybridized carbons (Fsp3) is 0.182. The van der Waals surface area contributed by atoms with Crippen LogP contribution in [0, 0.1) is 17.0 Å². The van der Waals surface area contributed by atoms with E-state index in [9.17, 15) is 14.9 Å². The summed E-state index contributed by atoms with van der Waals surface area (Å²) >= 11 is 0. The van der Waals surface area contributed by atoms with E-state index in [1.807, 2.05) is 0 Å². The molecule has 6 heteroatoms. The van der Waals surface area contributed by atoms with Crippen LogP contribution in [0.25, 0.3) is 10.9 Å². The molecule has 0 amide bonds. The number of ether oxygens (including phenoxy) is 1. The number of pyridine rings is 1. The molecule has 6 nitrogen and oxygen atoms in total. The van der Waals surface area contributed by atoms with Crippen LogP contribution in [0.15, 0.2) is 23.0 Å². The number of nitrogens with zero attached hydrogens (tertiary/aromatic N) is 2. The first-order chi connectivity index (χ1) is 8.09. The van der Waals surface area contributed by atoms with E-state index in [4.69, 9.17) is 4.74 Å². The first-order valence-corrected chi connectivity index (χ1v) is 5.04. The van der Waals surface area contributed by atoms with E-state index < -0.39 is 4.92 Å². The molecule has 0 atom stereocenters. The molecule has 86 valence electrons. The second kappa shape index (κ2) is 3.07. The van der Waals surface area contributed by atoms with Crippen LogP contribution in [-0.2, 0) is 6.73 Å². The van der Waals surface area contributed by atoms with Crippen molar-refractivity contribution in [3.05, 3.63) is 44.2 Å². The highest BCUT2D eigenvalue weighted by Crippen LogP contribution is 2.38. The number of hydrogen-bond donors (Lipinski definition) is 0. The summed E-state index contributed by atoms with van der Waals surface area (Å²) in [7, 11) is 0. The van der Waals surface area contributed by atoms with Crippen molar-refractivity contribution in [2.45, 2.75) is 13.7 Å². The molecule has 2 heterocycles. The van der Waals surface area contributed by atoms with Crippen molar-refractivity contribution < 1.29 is 9.66 Å². The maximum absolute atomic E-state index is 11.7. The number of nitro benzene ring substituents is 1. The lowest BCUT2D eigenvalue weighted by Gasteiger charge is -2.03. The number of hydrogen-bond acceptors (Lipinski definition) is 4. The molecule has 0 spiro atoms. The molecule has 0 saturated carbocycles. The van der Waals surface area contributed by atoms with Crippen LogP contribution in [-0.4, -0.2) is 9.49 Å². The van der Waals surface area contributed by atoms with Crippen LogP contribution in [0.1, 0.15) is 5.56 Å². The Morgan fingerprint density at radius 2 is 2.24 bits per heavy atom. The van der Waals surface area contributed by atoms with Gasteiger partial charge in [-0.25, -0.2) is 0 Å². The van der Waals surface area contributed by atoms with E-state index >= 15 is 0 Å². The van der Waals surface area contributed by atoms with Gasteiger partial charge in [0, 0.05) is 17.5 Å². The molecule has 3 rings (SSSR count). The van der Waals surface area contributed by atoms with Crippen molar-refractivity contribution in [2.24, 2.45) is 0 Å². The summed E-state index contributed by atoms with van der Waals surface area (Å²) in [6, 6.07) is 4.56. The van der Waals surface area contributed by atoms with E-state index in [1.54, 1.807) is 13.0 Å². The van der Waals surface area contributed by atoms with E-state index in [2.05, 4.69) is 0 Å². The lowest BCUT2D eigenvalue weighted by atomic mass is 10.1. The summed E-state index contributed by atoms with van der Waals surface area (Å²) in [6.07, 6.45) is 0. The smallest absolute Gasteiger partial charge is 0.313 e. The van der Waals surface area contributed by atoms with Gasteiger partial charge in [-0.15, -0.1) is 0 Å². The van der Waals surface area contributed by atoms with Crippen molar-refractivity contribution in [3.63, 3.8) is 0 Å². The van der Waals surface area contributed by atoms with Gasteiger partial charge in [0.05, 0.1) is 4.92 Å². The Kier molecular flexibility index (Phi) is 1.77. The van der Waals surface area contributed by atoms with Crippen molar-refractivity contribution >= 4 is 16.6 Å². The predicted octanol–water partition coefficient (Wildman–Crippen LogP) is 1.57. The lowest BCUT2D eigenvalue weighted by Crippen LogP contribution is -2.18. The number of benzene rings is 1. The van der Waals surface area contributed by atoms with Gasteiger partial charge in [-0.2, -0.15) is 0 Å². The molecular formula is C11H8N2O4. The van der Waals surface area contributed by atoms with Crippen molar-refractivity contribution in [2.75, 3.05) is 0 Å². The molecule has 0 fully saturated rings. The second-order valence-electron chi connectivity index (χ2n) is 3.93. The van der Waals surface area contributed by atoms with E-state index in [0.717, 1.165) is 10.9 Å². The number of aromatic nitrogens is 1. The summed E-state index contributed by atoms with van der Waals surface area (Å²) in [5.74, 6) is 0.188. The van der Waals surface area contributed by atoms with Gasteiger partial charge in [-0.1, -0.05) is 0 Å². The van der Waals surface area contributed by atoms with Gasteiger partial charge in [-0.3, -0.25) is 19.5 Å². The zero-order valence-corrected chi connectivity index (χ0v) is 8.97. The van der Waals surface area contributed by atoms with Gasteiger partial charge in [0.15, 0.2) is 6.73 Å². The molecular weight excluding hydrogens is 224 g/mol. The SMILES string of the molecule is Cc1cc(=O)n2c3c(c([N+](=O)[O-])ccc13)OC2. The van der Waals surface area contributed by atoms with Gasteiger partial charge in [0.2, 0.25) is 5.75 Å². The van der Waals surface area contributed by atoms with E-state index in [1.165, 1.54) is 16.7 Å². The summed E-state index contributed by atoms with van der Waals surface area (Å²) in [6.45, 7) is 1.84. The Balaban J connectivity index is 2.54. The minimum atomic E-state index is -0.503. The monoisotopic (exact) mass is 232 g/mol. The Labute approximate surface area is 95.2 Å². The molecule has 1 aromatic heterocycles. The highest BCUT2D eigenvalue weighted by Gasteiger charge is 2.26. The molecule has 0 radical (unpaired) electrons. The van der Waals surface area contributed by atoms with Crippen molar-refractivity contribution in [3.8, 4) is 5.75 Å². The first-order valence-electron chi connectivity index (χ1n) is 5.04. The Hall–Kier alpha value is -2.37. The van der Waals surface area contributed by atoms with E-state index in [0.29, 0.717) is 5.52 Å². The zero-order valence-electron chi connectivity index (χ0n) is 8.97. The largest absolute Gasteiger partial charge is 0.463 e. The van der Waals surface area contributed by atoms with E-state index in [-0.39, 0.29) is 23.7 Å². The average Bonchev–Trinajstić information content (AvgIpc) is 2.70. The van der Waals surface area contributed by atoms with Gasteiger partial charge in [0.1, 0.15) is 5.52 Å². The number of rotatable bonds is 1. The third-order valence-electron chi connectivity index (χ3n) is 2.95. The molecule has 0 N–H and O–H groups in total. The summed E-state index contributed by atoms with van der Waals surface area (Å²) in [5, 5.41) is 11.7. The summed E-state index contributed by atoms with van der Waals surface area (Å²) < 4.78 is 6.67. The van der Waals surface area contributed by atoms with Gasteiger partial charge in [0.25, 0.3) is 5.56 Å². The standard InChI is InChI=1S/C11H8N2O4/c1-6-4-9(14)12-5-17-11-8(13(15)16)3-2-7(6)10(11)12/h2-4H,5H2,1H3. The number of nitro groups is 1. The third kappa shape index (κ3) is 1.17. The normalized spacial score (nSPS) is 12.8. The fourth-order valence-electron chi connectivity index (χ4n) is 2.14. The van der Waals surface area contributed by atoms with Crippen LogP contribution in [0.4, 0.5) is 5.69 Å². The second-order valence-corrected chi connectivity index (χ2v) is 3.93. The first kappa shape index (κ1) is 9.83. The molecule has 1 aliphatic rings. The van der Waals surface area contributed by atoms with Gasteiger partial charge >= 0.3 is 5.69 Å². The molecule has 2 aromatic rings. The molecule has 0 unspecified atom stereocenters. The Morgan fingerprint density at radius 1 is 1.47 bits per heavy atom. The molecule has 0 bridgehead atoms. The minimum absolute atomic E-state index is 0.0375. The summed E-state index contributed by atoms with van der Waals surface area (Å²) in [5.41, 5.74) is 1.01. The molecule has 1 aromatic carbocycles. The Morgan fingerprint density at radius 3 is 2.94 bits per heavy atom. The van der Waals surface area contributed by atoms with Crippen molar-refractivity contribution in [1.29, 1.82) is 0 Å². The van der Waals surface area contributed by atoms with Crippen LogP contribution < -0.4 is 10.3 Å². The lowest BCUT2D eigenvalue weighted by molar-refractivity contribution is -0.385. The topological polar surface area (TPSA) is 74.4 Å². The van der Waals surface area contributed by atoms with Gasteiger partial charge in [-0.05, 0) is 18.6 Å². The molecule has 0 aliphatic carbocycles.